The molecule has 9 nitrogen and oxygen atoms in total. The number of amides is 3. The third kappa shape index (κ3) is 7.61. The van der Waals surface area contributed by atoms with E-state index >= 15 is 0 Å². The summed E-state index contributed by atoms with van der Waals surface area (Å²) in [7, 11) is 6.27. The van der Waals surface area contributed by atoms with Crippen molar-refractivity contribution in [1.29, 1.82) is 0 Å². The first-order valence-corrected chi connectivity index (χ1v) is 9.10. The Morgan fingerprint density at radius 3 is 2.00 bits per heavy atom. The van der Waals surface area contributed by atoms with E-state index in [9.17, 15) is 9.59 Å². The van der Waals surface area contributed by atoms with Gasteiger partial charge in [-0.2, -0.15) is 0 Å². The zero-order valence-corrected chi connectivity index (χ0v) is 18.1. The molecule has 0 spiro atoms. The van der Waals surface area contributed by atoms with Gasteiger partial charge >= 0.3 is 6.03 Å². The number of rotatable bonds is 10. The molecule has 0 aromatic rings. The van der Waals surface area contributed by atoms with Gasteiger partial charge in [-0.15, -0.1) is 0 Å². The summed E-state index contributed by atoms with van der Waals surface area (Å²) in [6.45, 7) is 8.93. The normalized spacial score (nSPS) is 20.4. The fourth-order valence-corrected chi connectivity index (χ4v) is 2.78. The highest BCUT2D eigenvalue weighted by molar-refractivity contribution is 5.80. The molecule has 0 saturated carbocycles. The van der Waals surface area contributed by atoms with Crippen LogP contribution in [0.1, 0.15) is 34.1 Å². The van der Waals surface area contributed by atoms with Crippen molar-refractivity contribution < 1.29 is 28.5 Å². The van der Waals surface area contributed by atoms with E-state index in [4.69, 9.17) is 18.9 Å². The average Bonchev–Trinajstić information content (AvgIpc) is 2.85. The molecule has 1 aliphatic rings. The molecule has 0 aromatic heterocycles. The molecule has 27 heavy (non-hydrogen) atoms. The molecule has 1 rings (SSSR count). The molecule has 0 aromatic carbocycles. The zero-order valence-electron chi connectivity index (χ0n) is 18.1. The molecule has 0 aliphatic carbocycles. The van der Waals surface area contributed by atoms with Gasteiger partial charge in [0.05, 0.1) is 6.04 Å². The van der Waals surface area contributed by atoms with Crippen LogP contribution in [-0.2, 0) is 23.7 Å². The van der Waals surface area contributed by atoms with Crippen LogP contribution < -0.4 is 0 Å². The van der Waals surface area contributed by atoms with E-state index in [-0.39, 0.29) is 38.2 Å². The Morgan fingerprint density at radius 1 is 1.07 bits per heavy atom. The van der Waals surface area contributed by atoms with Gasteiger partial charge in [0.25, 0.3) is 0 Å². The van der Waals surface area contributed by atoms with Crippen LogP contribution >= 0.6 is 0 Å². The van der Waals surface area contributed by atoms with Crippen molar-refractivity contribution in [2.45, 2.75) is 46.3 Å². The summed E-state index contributed by atoms with van der Waals surface area (Å²) < 4.78 is 20.1. The first kappa shape index (κ1) is 25.6. The van der Waals surface area contributed by atoms with Crippen LogP contribution in [0.15, 0.2) is 0 Å². The summed E-state index contributed by atoms with van der Waals surface area (Å²) in [5, 5.41) is 0. The third-order valence-corrected chi connectivity index (χ3v) is 4.41. The average molecular weight is 392 g/mol. The molecule has 3 unspecified atom stereocenters. The second kappa shape index (κ2) is 13.7. The number of hydrogen-bond acceptors (Lipinski definition) is 6. The molecule has 1 saturated heterocycles. The van der Waals surface area contributed by atoms with Crippen LogP contribution in [0.4, 0.5) is 4.79 Å². The Hall–Kier alpha value is -1.42. The number of ether oxygens (including phenoxy) is 4. The number of methoxy groups -OCH3 is 4. The quantitative estimate of drug-likeness (QED) is 0.528. The Balaban J connectivity index is 0.000000821. The number of urea groups is 1. The molecule has 3 atom stereocenters. The lowest BCUT2D eigenvalue weighted by molar-refractivity contribution is -0.143. The zero-order chi connectivity index (χ0) is 21.0. The first-order valence-electron chi connectivity index (χ1n) is 9.10. The van der Waals surface area contributed by atoms with E-state index in [1.807, 2.05) is 6.92 Å². The van der Waals surface area contributed by atoms with Crippen LogP contribution in [0.5, 0.6) is 0 Å². The third-order valence-electron chi connectivity index (χ3n) is 4.41. The van der Waals surface area contributed by atoms with Crippen molar-refractivity contribution in [3.05, 3.63) is 0 Å². The van der Waals surface area contributed by atoms with Crippen molar-refractivity contribution >= 4 is 11.9 Å². The molecular formula is C18H37N3O6. The molecule has 160 valence electrons. The van der Waals surface area contributed by atoms with Gasteiger partial charge in [0.2, 0.25) is 5.91 Å². The summed E-state index contributed by atoms with van der Waals surface area (Å²) in [6.07, 6.45) is 0.767. The van der Waals surface area contributed by atoms with Crippen LogP contribution in [0, 0.1) is 5.92 Å². The van der Waals surface area contributed by atoms with Gasteiger partial charge in [0, 0.05) is 42.0 Å². The van der Waals surface area contributed by atoms with Gasteiger partial charge in [0.15, 0.2) is 0 Å². The van der Waals surface area contributed by atoms with Crippen molar-refractivity contribution in [2.75, 3.05) is 55.2 Å². The largest absolute Gasteiger partial charge is 0.384 e. The predicted molar refractivity (Wildman–Crippen MR) is 102 cm³/mol. The van der Waals surface area contributed by atoms with Gasteiger partial charge in [-0.3, -0.25) is 19.5 Å². The van der Waals surface area contributed by atoms with Gasteiger partial charge in [0.1, 0.15) is 26.4 Å². The minimum atomic E-state index is -0.449. The molecule has 9 heteroatoms. The Bertz CT molecular complexity index is 437. The molecule has 1 heterocycles. The minimum absolute atomic E-state index is 0.0988. The molecule has 1 fully saturated rings. The van der Waals surface area contributed by atoms with Crippen molar-refractivity contribution in [3.8, 4) is 0 Å². The smallest absolute Gasteiger partial charge is 0.325 e. The monoisotopic (exact) mass is 391 g/mol. The number of carbonyl (C=O) groups is 2. The summed E-state index contributed by atoms with van der Waals surface area (Å²) in [6, 6.07) is -0.454. The van der Waals surface area contributed by atoms with Crippen LogP contribution in [0.25, 0.3) is 0 Å². The van der Waals surface area contributed by atoms with Gasteiger partial charge in [-0.25, -0.2) is 4.79 Å². The van der Waals surface area contributed by atoms with E-state index in [0.29, 0.717) is 0 Å². The standard InChI is InChI=1S/C12H23N3O5.C6H14O/c1-9-11(14(7-19-4)10(2)16)15(8-20-5)12(17)13(9)6-18-3;1-4-6(2)5-7-3/h9,11H,6-8H2,1-5H3;6H,4-5H2,1-3H3. The highest BCUT2D eigenvalue weighted by Gasteiger charge is 2.47. The predicted octanol–water partition coefficient (Wildman–Crippen LogP) is 1.78. The lowest BCUT2D eigenvalue weighted by atomic mass is 10.1. The highest BCUT2D eigenvalue weighted by Crippen LogP contribution is 2.25. The topological polar surface area (TPSA) is 80.8 Å². The van der Waals surface area contributed by atoms with Crippen LogP contribution in [0.3, 0.4) is 0 Å². The molecule has 0 bridgehead atoms. The maximum absolute atomic E-state index is 12.4. The van der Waals surface area contributed by atoms with E-state index in [0.717, 1.165) is 12.5 Å². The summed E-state index contributed by atoms with van der Waals surface area (Å²) >= 11 is 0. The lowest BCUT2D eigenvalue weighted by Gasteiger charge is -2.34. The van der Waals surface area contributed by atoms with E-state index in [1.165, 1.54) is 44.5 Å². The van der Waals surface area contributed by atoms with Crippen molar-refractivity contribution in [1.82, 2.24) is 14.7 Å². The van der Waals surface area contributed by atoms with Gasteiger partial charge in [-0.05, 0) is 12.8 Å². The summed E-state index contributed by atoms with van der Waals surface area (Å²) in [4.78, 5) is 28.7. The molecule has 0 radical (unpaired) electrons. The first-order chi connectivity index (χ1) is 12.8. The van der Waals surface area contributed by atoms with Gasteiger partial charge in [-0.1, -0.05) is 20.3 Å². The molecule has 1 aliphatic heterocycles. The SMILES string of the molecule is CCC(C)COC.COCN1C(=O)N(COC)C(N(COC)C(C)=O)C1C. The molecular weight excluding hydrogens is 354 g/mol. The molecule has 0 N–H and O–H groups in total. The van der Waals surface area contributed by atoms with Crippen LogP contribution in [0.2, 0.25) is 0 Å². The molecule has 3 amide bonds. The summed E-state index contributed by atoms with van der Waals surface area (Å²) in [5.74, 6) is 0.557. The van der Waals surface area contributed by atoms with E-state index in [1.54, 1.807) is 12.0 Å². The Morgan fingerprint density at radius 2 is 1.63 bits per heavy atom. The number of carbonyl (C=O) groups excluding carboxylic acids is 2. The lowest BCUT2D eigenvalue weighted by Crippen LogP contribution is -2.53. The maximum Gasteiger partial charge on any atom is 0.325 e. The van der Waals surface area contributed by atoms with E-state index in [2.05, 4.69) is 13.8 Å². The Labute approximate surface area is 163 Å². The Kier molecular flexibility index (Phi) is 13.0. The van der Waals surface area contributed by atoms with Crippen molar-refractivity contribution in [2.24, 2.45) is 5.92 Å². The minimum Gasteiger partial charge on any atom is -0.384 e. The maximum atomic E-state index is 12.4. The fourth-order valence-electron chi connectivity index (χ4n) is 2.78. The second-order valence-corrected chi connectivity index (χ2v) is 6.59. The van der Waals surface area contributed by atoms with E-state index < -0.39 is 6.17 Å². The van der Waals surface area contributed by atoms with Crippen molar-refractivity contribution in [3.63, 3.8) is 0 Å². The number of hydrogen-bond donors (Lipinski definition) is 0. The highest BCUT2D eigenvalue weighted by atomic mass is 16.5. The summed E-state index contributed by atoms with van der Waals surface area (Å²) in [5.41, 5.74) is 0. The second-order valence-electron chi connectivity index (χ2n) is 6.59. The number of nitrogens with zero attached hydrogens (tertiary/aromatic N) is 3. The van der Waals surface area contributed by atoms with Crippen LogP contribution in [-0.4, -0.2) is 94.1 Å². The van der Waals surface area contributed by atoms with Gasteiger partial charge < -0.3 is 18.9 Å². The fraction of sp³-hybridized carbons (Fsp3) is 0.889.